The van der Waals surface area contributed by atoms with Crippen LogP contribution in [-0.2, 0) is 4.79 Å². The molecule has 2 aliphatic rings. The lowest BCUT2D eigenvalue weighted by Gasteiger charge is -2.37. The molecule has 1 N–H and O–H groups in total. The molecule has 0 aromatic heterocycles. The first kappa shape index (κ1) is 21.0. The lowest BCUT2D eigenvalue weighted by molar-refractivity contribution is -0.132. The van der Waals surface area contributed by atoms with Crippen LogP contribution in [0.2, 0.25) is 0 Å². The molecule has 2 saturated heterocycles. The van der Waals surface area contributed by atoms with E-state index in [1.165, 1.54) is 6.07 Å². The zero-order valence-corrected chi connectivity index (χ0v) is 15.4. The van der Waals surface area contributed by atoms with Crippen molar-refractivity contribution in [1.82, 2.24) is 10.2 Å². The van der Waals surface area contributed by atoms with Gasteiger partial charge in [0.25, 0.3) is 0 Å². The predicted octanol–water partition coefficient (Wildman–Crippen LogP) is 2.71. The van der Waals surface area contributed by atoms with Crippen molar-refractivity contribution < 1.29 is 9.18 Å². The molecule has 2 heterocycles. The molecule has 3 rings (SSSR count). The van der Waals surface area contributed by atoms with Crippen LogP contribution in [0.3, 0.4) is 0 Å². The summed E-state index contributed by atoms with van der Waals surface area (Å²) in [6.07, 6.45) is 2.86. The van der Waals surface area contributed by atoms with Crippen molar-refractivity contribution in [1.29, 1.82) is 0 Å². The van der Waals surface area contributed by atoms with E-state index in [4.69, 9.17) is 0 Å². The molecule has 4 nitrogen and oxygen atoms in total. The number of halogens is 3. The minimum absolute atomic E-state index is 0. The standard InChI is InChI=1S/C17H24FN3O.2ClH/c18-15-3-1-2-4-16(15)20-9-11-21(12-10-20)17(22)13-14-5-7-19-8-6-14;;/h1-4,14,19H,5-13H2;2*1H. The molecule has 0 radical (unpaired) electrons. The van der Waals surface area contributed by atoms with E-state index < -0.39 is 0 Å². The average Bonchev–Trinajstić information content (AvgIpc) is 2.56. The third-order valence-electron chi connectivity index (χ3n) is 4.75. The molecule has 0 unspecified atom stereocenters. The minimum Gasteiger partial charge on any atom is -0.366 e. The highest BCUT2D eigenvalue weighted by atomic mass is 35.5. The molecule has 1 aromatic rings. The lowest BCUT2D eigenvalue weighted by Crippen LogP contribution is -2.49. The van der Waals surface area contributed by atoms with Gasteiger partial charge in [-0.25, -0.2) is 4.39 Å². The van der Waals surface area contributed by atoms with E-state index in [2.05, 4.69) is 5.32 Å². The lowest BCUT2D eigenvalue weighted by atomic mass is 9.94. The van der Waals surface area contributed by atoms with Gasteiger partial charge in [-0.15, -0.1) is 24.8 Å². The van der Waals surface area contributed by atoms with Crippen LogP contribution in [0.5, 0.6) is 0 Å². The Hall–Kier alpha value is -1.04. The molecule has 0 atom stereocenters. The molecule has 0 bridgehead atoms. The van der Waals surface area contributed by atoms with Gasteiger partial charge >= 0.3 is 0 Å². The number of nitrogens with one attached hydrogen (secondary N) is 1. The molecule has 24 heavy (non-hydrogen) atoms. The van der Waals surface area contributed by atoms with Crippen LogP contribution >= 0.6 is 24.8 Å². The van der Waals surface area contributed by atoms with Gasteiger partial charge in [0.05, 0.1) is 5.69 Å². The Bertz CT molecular complexity index is 518. The second-order valence-electron chi connectivity index (χ2n) is 6.22. The van der Waals surface area contributed by atoms with Crippen LogP contribution in [0.15, 0.2) is 24.3 Å². The van der Waals surface area contributed by atoms with E-state index in [1.54, 1.807) is 6.07 Å². The van der Waals surface area contributed by atoms with E-state index >= 15 is 0 Å². The van der Waals surface area contributed by atoms with Gasteiger partial charge < -0.3 is 15.1 Å². The zero-order chi connectivity index (χ0) is 15.4. The summed E-state index contributed by atoms with van der Waals surface area (Å²) in [6.45, 7) is 4.85. The zero-order valence-electron chi connectivity index (χ0n) is 13.7. The maximum Gasteiger partial charge on any atom is 0.222 e. The van der Waals surface area contributed by atoms with E-state index in [0.29, 0.717) is 44.2 Å². The summed E-state index contributed by atoms with van der Waals surface area (Å²) < 4.78 is 13.8. The molecule has 1 aromatic carbocycles. The Balaban J connectivity index is 0.00000144. The Morgan fingerprint density at radius 3 is 2.33 bits per heavy atom. The van der Waals surface area contributed by atoms with Crippen molar-refractivity contribution in [3.63, 3.8) is 0 Å². The quantitative estimate of drug-likeness (QED) is 0.879. The number of piperidine rings is 1. The van der Waals surface area contributed by atoms with Crippen molar-refractivity contribution in [3.8, 4) is 0 Å². The summed E-state index contributed by atoms with van der Waals surface area (Å²) >= 11 is 0. The number of hydrogen-bond acceptors (Lipinski definition) is 3. The summed E-state index contributed by atoms with van der Waals surface area (Å²) in [5.74, 6) is 0.607. The first-order chi connectivity index (χ1) is 10.7. The van der Waals surface area contributed by atoms with Gasteiger partial charge in [0, 0.05) is 32.6 Å². The van der Waals surface area contributed by atoms with Gasteiger partial charge in [-0.1, -0.05) is 12.1 Å². The van der Waals surface area contributed by atoms with Crippen molar-refractivity contribution in [2.75, 3.05) is 44.2 Å². The van der Waals surface area contributed by atoms with E-state index in [1.807, 2.05) is 21.9 Å². The molecule has 136 valence electrons. The number of amides is 1. The number of piperazine rings is 1. The maximum atomic E-state index is 13.8. The molecule has 2 fully saturated rings. The maximum absolute atomic E-state index is 13.8. The second kappa shape index (κ2) is 10.1. The third-order valence-corrected chi connectivity index (χ3v) is 4.75. The summed E-state index contributed by atoms with van der Waals surface area (Å²) in [7, 11) is 0. The summed E-state index contributed by atoms with van der Waals surface area (Å²) in [5, 5.41) is 3.33. The van der Waals surface area contributed by atoms with Gasteiger partial charge in [0.1, 0.15) is 5.82 Å². The Morgan fingerprint density at radius 1 is 1.08 bits per heavy atom. The predicted molar refractivity (Wildman–Crippen MR) is 99.9 cm³/mol. The fraction of sp³-hybridized carbons (Fsp3) is 0.588. The average molecular weight is 378 g/mol. The van der Waals surface area contributed by atoms with Crippen LogP contribution in [-0.4, -0.2) is 50.1 Å². The highest BCUT2D eigenvalue weighted by molar-refractivity contribution is 5.85. The molecule has 0 spiro atoms. The Labute approximate surface area is 155 Å². The number of carbonyl (C=O) groups excluding carboxylic acids is 1. The van der Waals surface area contributed by atoms with Gasteiger partial charge in [0.15, 0.2) is 0 Å². The smallest absolute Gasteiger partial charge is 0.222 e. The molecular weight excluding hydrogens is 352 g/mol. The number of para-hydroxylation sites is 1. The molecule has 1 amide bonds. The number of hydrogen-bond donors (Lipinski definition) is 1. The fourth-order valence-corrected chi connectivity index (χ4v) is 3.37. The number of benzene rings is 1. The molecule has 0 aliphatic carbocycles. The van der Waals surface area contributed by atoms with Gasteiger partial charge in [-0.3, -0.25) is 4.79 Å². The summed E-state index contributed by atoms with van der Waals surface area (Å²) in [5.41, 5.74) is 0.646. The SMILES string of the molecule is Cl.Cl.O=C(CC1CCNCC1)N1CCN(c2ccccc2F)CC1. The highest BCUT2D eigenvalue weighted by Crippen LogP contribution is 2.22. The molecular formula is C17H26Cl2FN3O. The van der Waals surface area contributed by atoms with E-state index in [0.717, 1.165) is 25.9 Å². The summed E-state index contributed by atoms with van der Waals surface area (Å²) in [4.78, 5) is 16.4. The van der Waals surface area contributed by atoms with Crippen LogP contribution in [0, 0.1) is 11.7 Å². The normalized spacial score (nSPS) is 18.5. The van der Waals surface area contributed by atoms with Gasteiger partial charge in [-0.2, -0.15) is 0 Å². The molecule has 0 saturated carbocycles. The van der Waals surface area contributed by atoms with Crippen LogP contribution in [0.25, 0.3) is 0 Å². The fourth-order valence-electron chi connectivity index (χ4n) is 3.37. The Kier molecular flexibility index (Phi) is 8.81. The number of rotatable bonds is 3. The monoisotopic (exact) mass is 377 g/mol. The van der Waals surface area contributed by atoms with E-state index in [9.17, 15) is 9.18 Å². The number of carbonyl (C=O) groups is 1. The highest BCUT2D eigenvalue weighted by Gasteiger charge is 2.25. The topological polar surface area (TPSA) is 35.6 Å². The molecule has 7 heteroatoms. The van der Waals surface area contributed by atoms with Crippen LogP contribution in [0.4, 0.5) is 10.1 Å². The minimum atomic E-state index is -0.183. The van der Waals surface area contributed by atoms with Gasteiger partial charge in [0.2, 0.25) is 5.91 Å². The van der Waals surface area contributed by atoms with Gasteiger partial charge in [-0.05, 0) is 44.0 Å². The van der Waals surface area contributed by atoms with Crippen LogP contribution < -0.4 is 10.2 Å². The molecule has 2 aliphatic heterocycles. The first-order valence-electron chi connectivity index (χ1n) is 8.22. The van der Waals surface area contributed by atoms with Crippen molar-refractivity contribution >= 4 is 36.4 Å². The van der Waals surface area contributed by atoms with Crippen molar-refractivity contribution in [2.24, 2.45) is 5.92 Å². The van der Waals surface area contributed by atoms with E-state index in [-0.39, 0.29) is 36.5 Å². The number of nitrogens with zero attached hydrogens (tertiary/aromatic N) is 2. The first-order valence-corrected chi connectivity index (χ1v) is 8.22. The second-order valence-corrected chi connectivity index (χ2v) is 6.22. The van der Waals surface area contributed by atoms with Crippen molar-refractivity contribution in [2.45, 2.75) is 19.3 Å². The largest absolute Gasteiger partial charge is 0.366 e. The van der Waals surface area contributed by atoms with Crippen LogP contribution in [0.1, 0.15) is 19.3 Å². The Morgan fingerprint density at radius 2 is 1.71 bits per heavy atom. The summed E-state index contributed by atoms with van der Waals surface area (Å²) in [6, 6.07) is 6.86. The number of anilines is 1. The third kappa shape index (κ3) is 5.23. The van der Waals surface area contributed by atoms with Crippen molar-refractivity contribution in [3.05, 3.63) is 30.1 Å².